The third-order valence-corrected chi connectivity index (χ3v) is 5.12. The van der Waals surface area contributed by atoms with E-state index in [1.807, 2.05) is 0 Å². The molecule has 1 aliphatic heterocycles. The molecule has 0 aromatic heterocycles. The highest BCUT2D eigenvalue weighted by molar-refractivity contribution is 4.91. The van der Waals surface area contributed by atoms with Gasteiger partial charge in [0, 0.05) is 43.8 Å². The molecular weight excluding hydrogens is 246 g/mol. The Morgan fingerprint density at radius 3 is 2.25 bits per heavy atom. The summed E-state index contributed by atoms with van der Waals surface area (Å²) < 4.78 is 0. The van der Waals surface area contributed by atoms with Crippen LogP contribution in [0.1, 0.15) is 59.8 Å². The third kappa shape index (κ3) is 4.19. The largest absolute Gasteiger partial charge is 0.312 e. The van der Waals surface area contributed by atoms with Gasteiger partial charge in [0.2, 0.25) is 0 Å². The van der Waals surface area contributed by atoms with Gasteiger partial charge in [0.15, 0.2) is 0 Å². The van der Waals surface area contributed by atoms with Crippen LogP contribution in [-0.2, 0) is 0 Å². The summed E-state index contributed by atoms with van der Waals surface area (Å²) in [5, 5.41) is 3.80. The molecule has 2 aliphatic rings. The lowest BCUT2D eigenvalue weighted by Crippen LogP contribution is -2.60. The second-order valence-electron chi connectivity index (χ2n) is 7.61. The van der Waals surface area contributed by atoms with Crippen LogP contribution < -0.4 is 5.32 Å². The van der Waals surface area contributed by atoms with Crippen LogP contribution in [0.2, 0.25) is 0 Å². The van der Waals surface area contributed by atoms with E-state index in [2.05, 4.69) is 42.8 Å². The van der Waals surface area contributed by atoms with Crippen molar-refractivity contribution >= 4 is 0 Å². The van der Waals surface area contributed by atoms with Crippen LogP contribution in [0.4, 0.5) is 0 Å². The molecule has 1 N–H and O–H groups in total. The monoisotopic (exact) mass is 281 g/mol. The van der Waals surface area contributed by atoms with Crippen molar-refractivity contribution in [2.45, 2.75) is 77.4 Å². The zero-order chi connectivity index (χ0) is 14.6. The molecule has 3 heteroatoms. The molecule has 2 unspecified atom stereocenters. The van der Waals surface area contributed by atoms with Crippen molar-refractivity contribution in [1.82, 2.24) is 15.1 Å². The number of hydrogen-bond acceptors (Lipinski definition) is 3. The Bertz CT molecular complexity index is 276. The Morgan fingerprint density at radius 2 is 1.65 bits per heavy atom. The first-order chi connectivity index (χ1) is 9.52. The molecule has 0 aromatic rings. The van der Waals surface area contributed by atoms with Gasteiger partial charge < -0.3 is 5.32 Å². The van der Waals surface area contributed by atoms with E-state index < -0.39 is 0 Å². The van der Waals surface area contributed by atoms with E-state index in [4.69, 9.17) is 0 Å². The Hall–Kier alpha value is -0.120. The van der Waals surface area contributed by atoms with Crippen LogP contribution in [0.25, 0.3) is 0 Å². The van der Waals surface area contributed by atoms with Crippen molar-refractivity contribution in [3.63, 3.8) is 0 Å². The molecule has 0 spiro atoms. The highest BCUT2D eigenvalue weighted by Gasteiger charge is 2.33. The lowest BCUT2D eigenvalue weighted by atomic mass is 9.88. The van der Waals surface area contributed by atoms with E-state index in [0.29, 0.717) is 5.54 Å². The van der Waals surface area contributed by atoms with Gasteiger partial charge in [-0.3, -0.25) is 9.80 Å². The highest BCUT2D eigenvalue weighted by Crippen LogP contribution is 2.25. The predicted molar refractivity (Wildman–Crippen MR) is 87.2 cm³/mol. The van der Waals surface area contributed by atoms with Crippen molar-refractivity contribution in [2.75, 3.05) is 32.7 Å². The second kappa shape index (κ2) is 7.24. The maximum absolute atomic E-state index is 3.80. The van der Waals surface area contributed by atoms with Gasteiger partial charge in [-0.1, -0.05) is 19.8 Å². The minimum atomic E-state index is 0.332. The summed E-state index contributed by atoms with van der Waals surface area (Å²) in [7, 11) is 0. The average molecular weight is 281 g/mol. The van der Waals surface area contributed by atoms with Crippen molar-refractivity contribution < 1.29 is 0 Å². The first-order valence-electron chi connectivity index (χ1n) is 8.75. The standard InChI is InChI=1S/C17H35N3/c1-5-10-18-15-8-6-7-9-16(15)19-11-13-20(14-12-19)17(2,3)4/h15-16,18H,5-14H2,1-4H3. The molecular formula is C17H35N3. The molecule has 118 valence electrons. The summed E-state index contributed by atoms with van der Waals surface area (Å²) in [4.78, 5) is 5.41. The van der Waals surface area contributed by atoms with E-state index in [9.17, 15) is 0 Å². The Kier molecular flexibility index (Phi) is 5.88. The molecule has 1 heterocycles. The zero-order valence-electron chi connectivity index (χ0n) is 14.1. The van der Waals surface area contributed by atoms with Gasteiger partial charge in [0.05, 0.1) is 0 Å². The highest BCUT2D eigenvalue weighted by atomic mass is 15.3. The minimum absolute atomic E-state index is 0.332. The van der Waals surface area contributed by atoms with Gasteiger partial charge >= 0.3 is 0 Å². The van der Waals surface area contributed by atoms with Crippen LogP contribution in [-0.4, -0.2) is 60.1 Å². The lowest BCUT2D eigenvalue weighted by molar-refractivity contribution is 0.0234. The molecule has 2 atom stereocenters. The van der Waals surface area contributed by atoms with Crippen molar-refractivity contribution in [3.05, 3.63) is 0 Å². The molecule has 2 fully saturated rings. The van der Waals surface area contributed by atoms with Gasteiger partial charge in [0.1, 0.15) is 0 Å². The molecule has 1 saturated heterocycles. The second-order valence-corrected chi connectivity index (χ2v) is 7.61. The quantitative estimate of drug-likeness (QED) is 0.855. The summed E-state index contributed by atoms with van der Waals surface area (Å²) in [5.41, 5.74) is 0.332. The third-order valence-electron chi connectivity index (χ3n) is 5.12. The Morgan fingerprint density at radius 1 is 1.00 bits per heavy atom. The molecule has 3 nitrogen and oxygen atoms in total. The van der Waals surface area contributed by atoms with E-state index in [0.717, 1.165) is 12.1 Å². The Labute approximate surface area is 126 Å². The number of piperazine rings is 1. The summed E-state index contributed by atoms with van der Waals surface area (Å²) in [6, 6.07) is 1.53. The molecule has 0 bridgehead atoms. The van der Waals surface area contributed by atoms with E-state index >= 15 is 0 Å². The van der Waals surface area contributed by atoms with Gasteiger partial charge in [-0.2, -0.15) is 0 Å². The van der Waals surface area contributed by atoms with Gasteiger partial charge in [0.25, 0.3) is 0 Å². The molecule has 0 radical (unpaired) electrons. The number of hydrogen-bond donors (Lipinski definition) is 1. The average Bonchev–Trinajstić information content (AvgIpc) is 2.45. The van der Waals surface area contributed by atoms with Gasteiger partial charge in [-0.05, 0) is 46.6 Å². The fourth-order valence-corrected chi connectivity index (χ4v) is 3.84. The first-order valence-corrected chi connectivity index (χ1v) is 8.75. The van der Waals surface area contributed by atoms with Gasteiger partial charge in [-0.15, -0.1) is 0 Å². The fraction of sp³-hybridized carbons (Fsp3) is 1.00. The molecule has 0 aromatic carbocycles. The molecule has 1 aliphatic carbocycles. The van der Waals surface area contributed by atoms with Crippen molar-refractivity contribution in [3.8, 4) is 0 Å². The summed E-state index contributed by atoms with van der Waals surface area (Å²) in [6.45, 7) is 15.5. The fourth-order valence-electron chi connectivity index (χ4n) is 3.84. The topological polar surface area (TPSA) is 18.5 Å². The maximum Gasteiger partial charge on any atom is 0.0250 e. The van der Waals surface area contributed by atoms with Gasteiger partial charge in [-0.25, -0.2) is 0 Å². The number of nitrogens with one attached hydrogen (secondary N) is 1. The van der Waals surface area contributed by atoms with E-state index in [1.165, 1.54) is 64.8 Å². The van der Waals surface area contributed by atoms with Crippen LogP contribution in [0.15, 0.2) is 0 Å². The van der Waals surface area contributed by atoms with Crippen LogP contribution in [0, 0.1) is 0 Å². The molecule has 20 heavy (non-hydrogen) atoms. The van der Waals surface area contributed by atoms with Crippen LogP contribution >= 0.6 is 0 Å². The summed E-state index contributed by atoms with van der Waals surface area (Å²) in [5.74, 6) is 0. The lowest BCUT2D eigenvalue weighted by Gasteiger charge is -2.47. The minimum Gasteiger partial charge on any atom is -0.312 e. The van der Waals surface area contributed by atoms with Crippen molar-refractivity contribution in [2.24, 2.45) is 0 Å². The summed E-state index contributed by atoms with van der Waals surface area (Å²) >= 11 is 0. The van der Waals surface area contributed by atoms with Crippen LogP contribution in [0.5, 0.6) is 0 Å². The summed E-state index contributed by atoms with van der Waals surface area (Å²) in [6.07, 6.45) is 6.87. The zero-order valence-corrected chi connectivity index (χ0v) is 14.1. The smallest absolute Gasteiger partial charge is 0.0250 e. The molecule has 2 rings (SSSR count). The number of nitrogens with zero attached hydrogens (tertiary/aromatic N) is 2. The normalized spacial score (nSPS) is 30.6. The van der Waals surface area contributed by atoms with Crippen LogP contribution in [0.3, 0.4) is 0 Å². The molecule has 1 saturated carbocycles. The SMILES string of the molecule is CCCNC1CCCCC1N1CCN(C(C)(C)C)CC1. The molecule has 0 amide bonds. The maximum atomic E-state index is 3.80. The predicted octanol–water partition coefficient (Wildman–Crippen LogP) is 2.71. The first kappa shape index (κ1) is 16.3. The van der Waals surface area contributed by atoms with E-state index in [-0.39, 0.29) is 0 Å². The number of rotatable bonds is 4. The van der Waals surface area contributed by atoms with Crippen molar-refractivity contribution in [1.29, 1.82) is 0 Å². The van der Waals surface area contributed by atoms with E-state index in [1.54, 1.807) is 0 Å². The Balaban J connectivity index is 1.87.